The molecule has 4 heteroatoms. The zero-order chi connectivity index (χ0) is 22.3. The van der Waals surface area contributed by atoms with Crippen LogP contribution in [0.2, 0.25) is 0 Å². The third-order valence-electron chi connectivity index (χ3n) is 5.98. The molecular formula is C27H37NO3. The lowest BCUT2D eigenvalue weighted by atomic mass is 9.86. The highest BCUT2D eigenvalue weighted by Gasteiger charge is 2.25. The topological polar surface area (TPSA) is 38.8 Å². The first-order valence-corrected chi connectivity index (χ1v) is 11.6. The van der Waals surface area contributed by atoms with E-state index in [-0.39, 0.29) is 23.6 Å². The van der Waals surface area contributed by atoms with Gasteiger partial charge in [0.2, 0.25) is 0 Å². The van der Waals surface area contributed by atoms with Gasteiger partial charge in [0.1, 0.15) is 6.10 Å². The molecule has 2 aromatic rings. The molecule has 0 saturated carbocycles. The molecule has 0 amide bonds. The van der Waals surface area contributed by atoms with Crippen LogP contribution in [0.1, 0.15) is 69.8 Å². The quantitative estimate of drug-likeness (QED) is 0.525. The van der Waals surface area contributed by atoms with E-state index in [0.29, 0.717) is 13.0 Å². The fourth-order valence-electron chi connectivity index (χ4n) is 4.08. The minimum atomic E-state index is -0.108. The number of ether oxygens (including phenoxy) is 2. The normalized spacial score (nSPS) is 16.8. The molecule has 1 fully saturated rings. The second-order valence-corrected chi connectivity index (χ2v) is 9.39. The number of esters is 1. The van der Waals surface area contributed by atoms with Crippen molar-refractivity contribution in [3.05, 3.63) is 71.3 Å². The number of carbonyl (C=O) groups is 1. The Bertz CT molecular complexity index is 803. The first-order chi connectivity index (χ1) is 14.9. The van der Waals surface area contributed by atoms with Crippen molar-refractivity contribution in [2.75, 3.05) is 26.2 Å². The molecule has 0 radical (unpaired) electrons. The van der Waals surface area contributed by atoms with E-state index in [1.54, 1.807) is 0 Å². The molecular weight excluding hydrogens is 386 g/mol. The monoisotopic (exact) mass is 423 g/mol. The highest BCUT2D eigenvalue weighted by atomic mass is 16.5. The van der Waals surface area contributed by atoms with Crippen LogP contribution < -0.4 is 0 Å². The number of rotatable bonds is 8. The van der Waals surface area contributed by atoms with Gasteiger partial charge in [-0.1, -0.05) is 75.4 Å². The largest absolute Gasteiger partial charge is 0.466 e. The summed E-state index contributed by atoms with van der Waals surface area (Å²) in [5.41, 5.74) is 3.86. The number of hydrogen-bond donors (Lipinski definition) is 0. The lowest BCUT2D eigenvalue weighted by Gasteiger charge is -2.34. The minimum Gasteiger partial charge on any atom is -0.466 e. The summed E-state index contributed by atoms with van der Waals surface area (Å²) in [5.74, 6) is -0.108. The summed E-state index contributed by atoms with van der Waals surface area (Å²) in [7, 11) is 0. The third-order valence-corrected chi connectivity index (χ3v) is 5.98. The van der Waals surface area contributed by atoms with Gasteiger partial charge < -0.3 is 14.4 Å². The van der Waals surface area contributed by atoms with Crippen LogP contribution in [0, 0.1) is 0 Å². The molecule has 1 atom stereocenters. The fourth-order valence-corrected chi connectivity index (χ4v) is 4.08. The standard InChI is InChI=1S/C27H37NO3/c1-5-30-25(29)17-20-28-18-15-24(16-19-28)31-26(21-9-7-6-8-10-21)22-11-13-23(14-12-22)27(2,3)4/h6-14,24,26H,5,15-20H2,1-4H3. The zero-order valence-electron chi connectivity index (χ0n) is 19.5. The Hall–Kier alpha value is -2.17. The maximum Gasteiger partial charge on any atom is 0.307 e. The van der Waals surface area contributed by atoms with Crippen LogP contribution in [0.25, 0.3) is 0 Å². The molecule has 1 saturated heterocycles. The van der Waals surface area contributed by atoms with Gasteiger partial charge in [0, 0.05) is 19.6 Å². The number of hydrogen-bond acceptors (Lipinski definition) is 4. The van der Waals surface area contributed by atoms with Crippen LogP contribution in [0.3, 0.4) is 0 Å². The van der Waals surface area contributed by atoms with Crippen molar-refractivity contribution in [2.45, 2.75) is 64.6 Å². The smallest absolute Gasteiger partial charge is 0.307 e. The molecule has 31 heavy (non-hydrogen) atoms. The maximum atomic E-state index is 11.6. The van der Waals surface area contributed by atoms with Gasteiger partial charge in [-0.15, -0.1) is 0 Å². The molecule has 4 nitrogen and oxygen atoms in total. The molecule has 2 aromatic carbocycles. The van der Waals surface area contributed by atoms with E-state index in [4.69, 9.17) is 9.47 Å². The van der Waals surface area contributed by atoms with Crippen molar-refractivity contribution in [2.24, 2.45) is 0 Å². The number of carbonyl (C=O) groups excluding carboxylic acids is 1. The molecule has 0 aromatic heterocycles. The Kier molecular flexibility index (Phi) is 8.28. The Labute approximate surface area is 187 Å². The lowest BCUT2D eigenvalue weighted by molar-refractivity contribution is -0.143. The van der Waals surface area contributed by atoms with Crippen LogP contribution in [-0.2, 0) is 19.7 Å². The van der Waals surface area contributed by atoms with Gasteiger partial charge in [-0.3, -0.25) is 4.79 Å². The van der Waals surface area contributed by atoms with Crippen molar-refractivity contribution in [1.82, 2.24) is 4.90 Å². The summed E-state index contributed by atoms with van der Waals surface area (Å²) >= 11 is 0. The van der Waals surface area contributed by atoms with Crippen molar-refractivity contribution in [1.29, 1.82) is 0 Å². The summed E-state index contributed by atoms with van der Waals surface area (Å²) in [6, 6.07) is 19.4. The molecule has 1 heterocycles. The predicted octanol–water partition coefficient (Wildman–Crippen LogP) is 5.51. The Morgan fingerprint density at radius 3 is 2.19 bits per heavy atom. The van der Waals surface area contributed by atoms with Gasteiger partial charge in [-0.05, 0) is 41.9 Å². The highest BCUT2D eigenvalue weighted by Crippen LogP contribution is 2.32. The van der Waals surface area contributed by atoms with Gasteiger partial charge in [0.25, 0.3) is 0 Å². The van der Waals surface area contributed by atoms with Crippen molar-refractivity contribution in [3.8, 4) is 0 Å². The van der Waals surface area contributed by atoms with Crippen LogP contribution in [0.5, 0.6) is 0 Å². The third kappa shape index (κ3) is 6.91. The van der Waals surface area contributed by atoms with E-state index < -0.39 is 0 Å². The summed E-state index contributed by atoms with van der Waals surface area (Å²) in [4.78, 5) is 14.0. The summed E-state index contributed by atoms with van der Waals surface area (Å²) < 4.78 is 11.7. The second kappa shape index (κ2) is 10.9. The minimum absolute atomic E-state index is 0.0636. The van der Waals surface area contributed by atoms with Gasteiger partial charge >= 0.3 is 5.97 Å². The molecule has 0 bridgehead atoms. The van der Waals surface area contributed by atoms with Gasteiger partial charge in [-0.2, -0.15) is 0 Å². The number of piperidine rings is 1. The molecule has 1 aliphatic rings. The lowest BCUT2D eigenvalue weighted by Crippen LogP contribution is -2.38. The van der Waals surface area contributed by atoms with Gasteiger partial charge in [-0.25, -0.2) is 0 Å². The van der Waals surface area contributed by atoms with E-state index in [1.165, 1.54) is 16.7 Å². The fraction of sp³-hybridized carbons (Fsp3) is 0.519. The molecule has 3 rings (SSSR count). The number of benzene rings is 2. The zero-order valence-corrected chi connectivity index (χ0v) is 19.5. The van der Waals surface area contributed by atoms with E-state index in [2.05, 4.69) is 74.2 Å². The first kappa shape index (κ1) is 23.5. The average molecular weight is 424 g/mol. The van der Waals surface area contributed by atoms with Crippen molar-refractivity contribution in [3.63, 3.8) is 0 Å². The van der Waals surface area contributed by atoms with Crippen molar-refractivity contribution < 1.29 is 14.3 Å². The summed E-state index contributed by atoms with van der Waals surface area (Å²) in [6.07, 6.45) is 2.57. The molecule has 0 aliphatic carbocycles. The van der Waals surface area contributed by atoms with Crippen LogP contribution in [0.4, 0.5) is 0 Å². The Balaban J connectivity index is 1.64. The van der Waals surface area contributed by atoms with Gasteiger partial charge in [0.05, 0.1) is 19.1 Å². The number of nitrogens with zero attached hydrogens (tertiary/aromatic N) is 1. The van der Waals surface area contributed by atoms with Crippen LogP contribution >= 0.6 is 0 Å². The van der Waals surface area contributed by atoms with Crippen molar-refractivity contribution >= 4 is 5.97 Å². The molecule has 168 valence electrons. The van der Waals surface area contributed by atoms with Crippen LogP contribution in [-0.4, -0.2) is 43.2 Å². The first-order valence-electron chi connectivity index (χ1n) is 11.6. The van der Waals surface area contributed by atoms with Gasteiger partial charge in [0.15, 0.2) is 0 Å². The van der Waals surface area contributed by atoms with E-state index in [9.17, 15) is 4.79 Å². The van der Waals surface area contributed by atoms with E-state index in [1.807, 2.05) is 13.0 Å². The SMILES string of the molecule is CCOC(=O)CCN1CCC(OC(c2ccccc2)c2ccc(C(C)(C)C)cc2)CC1. The Morgan fingerprint density at radius 2 is 1.61 bits per heavy atom. The van der Waals surface area contributed by atoms with E-state index in [0.717, 1.165) is 32.5 Å². The molecule has 0 N–H and O–H groups in total. The summed E-state index contributed by atoms with van der Waals surface area (Å²) in [6.45, 7) is 11.7. The highest BCUT2D eigenvalue weighted by molar-refractivity contribution is 5.69. The molecule has 0 spiro atoms. The Morgan fingerprint density at radius 1 is 1.00 bits per heavy atom. The molecule has 1 unspecified atom stereocenters. The molecule has 1 aliphatic heterocycles. The van der Waals surface area contributed by atoms with E-state index >= 15 is 0 Å². The average Bonchev–Trinajstić information content (AvgIpc) is 2.77. The predicted molar refractivity (Wildman–Crippen MR) is 125 cm³/mol. The van der Waals surface area contributed by atoms with Crippen LogP contribution in [0.15, 0.2) is 54.6 Å². The second-order valence-electron chi connectivity index (χ2n) is 9.39. The number of likely N-dealkylation sites (tertiary alicyclic amines) is 1. The summed E-state index contributed by atoms with van der Waals surface area (Å²) in [5, 5.41) is 0. The maximum absolute atomic E-state index is 11.6.